The number of ether oxygens (including phenoxy) is 1. The molecule has 4 aromatic rings. The van der Waals surface area contributed by atoms with Gasteiger partial charge in [-0.15, -0.1) is 10.2 Å². The number of fused-ring (bicyclic) bond motifs is 1. The molecule has 0 saturated carbocycles. The quantitative estimate of drug-likeness (QED) is 0.576. The van der Waals surface area contributed by atoms with E-state index >= 15 is 0 Å². The fourth-order valence-corrected chi connectivity index (χ4v) is 2.27. The highest BCUT2D eigenvalue weighted by Gasteiger charge is 2.03. The number of pyridine rings is 1. The van der Waals surface area contributed by atoms with Crippen LogP contribution in [0.2, 0.25) is 5.02 Å². The molecule has 0 N–H and O–H groups in total. The molecule has 0 aliphatic heterocycles. The Morgan fingerprint density at radius 3 is 2.43 bits per heavy atom. The van der Waals surface area contributed by atoms with Gasteiger partial charge in [0.15, 0.2) is 5.65 Å². The van der Waals surface area contributed by atoms with Crippen molar-refractivity contribution in [2.45, 2.75) is 0 Å². The fraction of sp³-hybridized carbons (Fsp3) is 0. The van der Waals surface area contributed by atoms with Crippen molar-refractivity contribution in [3.8, 4) is 22.9 Å². The molecule has 6 nitrogen and oxygen atoms in total. The summed E-state index contributed by atoms with van der Waals surface area (Å²) < 4.78 is 7.45. The lowest BCUT2D eigenvalue weighted by Gasteiger charge is -2.06. The number of benzene rings is 1. The maximum absolute atomic E-state index is 5.75. The van der Waals surface area contributed by atoms with Crippen LogP contribution in [0.3, 0.4) is 0 Å². The molecule has 23 heavy (non-hydrogen) atoms. The lowest BCUT2D eigenvalue weighted by molar-refractivity contribution is 0.442. The number of rotatable bonds is 3. The summed E-state index contributed by atoms with van der Waals surface area (Å²) in [6, 6.07) is 11.9. The minimum absolute atomic E-state index is 0.257. The number of aromatic nitrogens is 5. The maximum atomic E-state index is 5.75. The highest BCUT2D eigenvalue weighted by Crippen LogP contribution is 2.24. The Labute approximate surface area is 136 Å². The Hall–Kier alpha value is -2.99. The molecule has 0 aliphatic carbocycles. The Balaban J connectivity index is 1.58. The summed E-state index contributed by atoms with van der Waals surface area (Å²) in [4.78, 5) is 8.00. The van der Waals surface area contributed by atoms with E-state index in [1.807, 2.05) is 47.0 Å². The number of halogens is 1. The third-order valence-corrected chi connectivity index (χ3v) is 3.48. The van der Waals surface area contributed by atoms with E-state index in [4.69, 9.17) is 16.3 Å². The second-order valence-corrected chi connectivity index (χ2v) is 5.26. The van der Waals surface area contributed by atoms with Crippen LogP contribution in [0.5, 0.6) is 11.8 Å². The summed E-state index contributed by atoms with van der Waals surface area (Å²) in [5, 5.41) is 8.33. The third-order valence-electron chi connectivity index (χ3n) is 3.28. The predicted molar refractivity (Wildman–Crippen MR) is 85.5 cm³/mol. The molecule has 0 atom stereocenters. The van der Waals surface area contributed by atoms with Crippen molar-refractivity contribution in [1.29, 1.82) is 0 Å². The second kappa shape index (κ2) is 5.66. The van der Waals surface area contributed by atoms with Crippen molar-refractivity contribution in [2.24, 2.45) is 0 Å². The molecule has 0 amide bonds. The molecule has 7 heteroatoms. The molecule has 3 aromatic heterocycles. The van der Waals surface area contributed by atoms with Crippen LogP contribution in [0.1, 0.15) is 0 Å². The summed E-state index contributed by atoms with van der Waals surface area (Å²) in [5.41, 5.74) is 2.94. The van der Waals surface area contributed by atoms with Gasteiger partial charge in [0.2, 0.25) is 0 Å². The number of hydrogen-bond donors (Lipinski definition) is 0. The van der Waals surface area contributed by atoms with Gasteiger partial charge in [-0.1, -0.05) is 23.7 Å². The molecule has 0 aliphatic rings. The molecule has 0 fully saturated rings. The lowest BCUT2D eigenvalue weighted by atomic mass is 10.1. The molecule has 3 heterocycles. The highest BCUT2D eigenvalue weighted by atomic mass is 35.5. The van der Waals surface area contributed by atoms with Gasteiger partial charge in [0.05, 0.1) is 17.4 Å². The monoisotopic (exact) mass is 323 g/mol. The van der Waals surface area contributed by atoms with E-state index < -0.39 is 0 Å². The van der Waals surface area contributed by atoms with E-state index in [-0.39, 0.29) is 6.01 Å². The van der Waals surface area contributed by atoms with E-state index in [1.165, 1.54) is 12.4 Å². The number of hydrogen-bond acceptors (Lipinski definition) is 5. The van der Waals surface area contributed by atoms with E-state index in [2.05, 4.69) is 20.2 Å². The van der Waals surface area contributed by atoms with Crippen molar-refractivity contribution in [1.82, 2.24) is 24.6 Å². The molecule has 0 saturated heterocycles. The minimum atomic E-state index is 0.257. The summed E-state index contributed by atoms with van der Waals surface area (Å²) in [6.07, 6.45) is 6.64. The topological polar surface area (TPSA) is 65.2 Å². The van der Waals surface area contributed by atoms with Crippen molar-refractivity contribution < 1.29 is 4.74 Å². The van der Waals surface area contributed by atoms with Crippen LogP contribution >= 0.6 is 11.6 Å². The van der Waals surface area contributed by atoms with E-state index in [1.54, 1.807) is 6.33 Å². The maximum Gasteiger partial charge on any atom is 0.321 e. The van der Waals surface area contributed by atoms with Crippen LogP contribution in [0.25, 0.3) is 16.8 Å². The van der Waals surface area contributed by atoms with Crippen molar-refractivity contribution in [2.75, 3.05) is 0 Å². The fourth-order valence-electron chi connectivity index (χ4n) is 2.17. The molecular weight excluding hydrogens is 314 g/mol. The molecule has 1 aromatic carbocycles. The zero-order valence-corrected chi connectivity index (χ0v) is 12.6. The van der Waals surface area contributed by atoms with Gasteiger partial charge in [-0.05, 0) is 35.4 Å². The van der Waals surface area contributed by atoms with Crippen LogP contribution in [0.4, 0.5) is 0 Å². The van der Waals surface area contributed by atoms with Gasteiger partial charge in [-0.3, -0.25) is 4.40 Å². The van der Waals surface area contributed by atoms with E-state index in [0.717, 1.165) is 16.8 Å². The van der Waals surface area contributed by atoms with Crippen LogP contribution in [-0.2, 0) is 0 Å². The normalized spacial score (nSPS) is 10.8. The van der Waals surface area contributed by atoms with E-state index in [0.29, 0.717) is 10.8 Å². The zero-order valence-electron chi connectivity index (χ0n) is 11.8. The van der Waals surface area contributed by atoms with Crippen molar-refractivity contribution in [3.63, 3.8) is 0 Å². The largest absolute Gasteiger partial charge is 0.424 e. The van der Waals surface area contributed by atoms with Crippen molar-refractivity contribution >= 4 is 17.2 Å². The molecule has 0 unspecified atom stereocenters. The Morgan fingerprint density at radius 2 is 1.65 bits per heavy atom. The van der Waals surface area contributed by atoms with Crippen LogP contribution in [0, 0.1) is 0 Å². The third kappa shape index (κ3) is 2.84. The standard InChI is InChI=1S/C16H10ClN5O/c17-13-7-18-16(19-8-13)23-14-4-1-11(2-5-14)12-3-6-15-21-20-10-22(15)9-12/h1-10H. The predicted octanol–water partition coefficient (Wildman–Crippen LogP) is 3.63. The van der Waals surface area contributed by atoms with Gasteiger partial charge >= 0.3 is 6.01 Å². The van der Waals surface area contributed by atoms with Crippen molar-refractivity contribution in [3.05, 3.63) is 66.3 Å². The number of nitrogens with zero attached hydrogens (tertiary/aromatic N) is 5. The Bertz CT molecular complexity index is 950. The highest BCUT2D eigenvalue weighted by molar-refractivity contribution is 6.30. The first-order chi connectivity index (χ1) is 11.3. The Morgan fingerprint density at radius 1 is 0.913 bits per heavy atom. The minimum Gasteiger partial charge on any atom is -0.424 e. The molecule has 0 radical (unpaired) electrons. The first-order valence-electron chi connectivity index (χ1n) is 6.83. The average molecular weight is 324 g/mol. The van der Waals surface area contributed by atoms with Crippen LogP contribution in [0.15, 0.2) is 61.3 Å². The Kier molecular flexibility index (Phi) is 3.36. The van der Waals surface area contributed by atoms with Crippen LogP contribution < -0.4 is 4.74 Å². The smallest absolute Gasteiger partial charge is 0.321 e. The molecule has 4 rings (SSSR count). The van der Waals surface area contributed by atoms with Gasteiger partial charge in [-0.2, -0.15) is 0 Å². The zero-order chi connectivity index (χ0) is 15.6. The average Bonchev–Trinajstić information content (AvgIpc) is 3.05. The van der Waals surface area contributed by atoms with Gasteiger partial charge in [0.1, 0.15) is 12.1 Å². The summed E-state index contributed by atoms with van der Waals surface area (Å²) in [6.45, 7) is 0. The van der Waals surface area contributed by atoms with E-state index in [9.17, 15) is 0 Å². The second-order valence-electron chi connectivity index (χ2n) is 4.82. The summed E-state index contributed by atoms with van der Waals surface area (Å²) in [5.74, 6) is 0.654. The summed E-state index contributed by atoms with van der Waals surface area (Å²) >= 11 is 5.75. The molecule has 112 valence electrons. The van der Waals surface area contributed by atoms with Gasteiger partial charge < -0.3 is 4.74 Å². The first-order valence-corrected chi connectivity index (χ1v) is 7.21. The first kappa shape index (κ1) is 13.7. The summed E-state index contributed by atoms with van der Waals surface area (Å²) in [7, 11) is 0. The van der Waals surface area contributed by atoms with Gasteiger partial charge in [0, 0.05) is 6.20 Å². The van der Waals surface area contributed by atoms with Gasteiger partial charge in [0.25, 0.3) is 0 Å². The molecule has 0 spiro atoms. The molecular formula is C16H10ClN5O. The molecule has 0 bridgehead atoms. The van der Waals surface area contributed by atoms with Crippen LogP contribution in [-0.4, -0.2) is 24.6 Å². The lowest BCUT2D eigenvalue weighted by Crippen LogP contribution is -1.91. The van der Waals surface area contributed by atoms with Gasteiger partial charge in [-0.25, -0.2) is 9.97 Å². The SMILES string of the molecule is Clc1cnc(Oc2ccc(-c3ccc4nncn4c3)cc2)nc1.